The van der Waals surface area contributed by atoms with E-state index in [0.717, 1.165) is 25.9 Å². The Bertz CT molecular complexity index is 758. The van der Waals surface area contributed by atoms with Gasteiger partial charge in [-0.25, -0.2) is 0 Å². The van der Waals surface area contributed by atoms with Crippen LogP contribution in [0.3, 0.4) is 0 Å². The zero-order valence-corrected chi connectivity index (χ0v) is 17.4. The van der Waals surface area contributed by atoms with Gasteiger partial charge in [0.05, 0.1) is 12.8 Å². The molecule has 0 unspecified atom stereocenters. The second kappa shape index (κ2) is 12.5. The van der Waals surface area contributed by atoms with E-state index in [0.29, 0.717) is 24.2 Å². The van der Waals surface area contributed by atoms with Crippen LogP contribution < -0.4 is 10.6 Å². The van der Waals surface area contributed by atoms with Crippen LogP contribution in [0.2, 0.25) is 0 Å². The van der Waals surface area contributed by atoms with E-state index in [1.54, 1.807) is 48.5 Å². The maximum absolute atomic E-state index is 11.9. The molecule has 2 aromatic rings. The van der Waals surface area contributed by atoms with Gasteiger partial charge in [-0.05, 0) is 45.1 Å². The molecule has 0 aromatic heterocycles. The Kier molecular flexibility index (Phi) is 9.67. The number of aromatic hydroxyl groups is 2. The summed E-state index contributed by atoms with van der Waals surface area (Å²) in [5.74, 6) is 0.0673. The van der Waals surface area contributed by atoms with Crippen LogP contribution in [0, 0.1) is 0 Å². The van der Waals surface area contributed by atoms with Gasteiger partial charge in [0, 0.05) is 24.2 Å². The van der Waals surface area contributed by atoms with Gasteiger partial charge in [-0.2, -0.15) is 0 Å². The molecule has 0 atom stereocenters. The van der Waals surface area contributed by atoms with Gasteiger partial charge >= 0.3 is 0 Å². The van der Waals surface area contributed by atoms with Crippen LogP contribution in [0.4, 0.5) is 0 Å². The molecule has 30 heavy (non-hydrogen) atoms. The molecule has 0 radical (unpaired) electrons. The van der Waals surface area contributed by atoms with Crippen LogP contribution in [0.15, 0.2) is 48.5 Å². The molecular formula is C23H31N3O4. The predicted molar refractivity (Wildman–Crippen MR) is 116 cm³/mol. The Balaban J connectivity index is 1.51. The normalized spacial score (nSPS) is 10.7. The molecule has 4 N–H and O–H groups in total. The zero-order chi connectivity index (χ0) is 21.8. The van der Waals surface area contributed by atoms with Gasteiger partial charge in [0.2, 0.25) is 11.8 Å². The average molecular weight is 414 g/mol. The number of nitrogens with one attached hydrogen (secondary N) is 2. The van der Waals surface area contributed by atoms with Gasteiger partial charge in [0.25, 0.3) is 0 Å². The summed E-state index contributed by atoms with van der Waals surface area (Å²) in [5, 5.41) is 25.1. The van der Waals surface area contributed by atoms with Gasteiger partial charge in [-0.15, -0.1) is 0 Å². The average Bonchev–Trinajstić information content (AvgIpc) is 2.72. The highest BCUT2D eigenvalue weighted by molar-refractivity contribution is 5.79. The van der Waals surface area contributed by atoms with Crippen molar-refractivity contribution in [3.63, 3.8) is 0 Å². The number of rotatable bonds is 12. The summed E-state index contributed by atoms with van der Waals surface area (Å²) in [6, 6.07) is 13.7. The molecule has 0 aliphatic carbocycles. The minimum atomic E-state index is -0.105. The summed E-state index contributed by atoms with van der Waals surface area (Å²) in [6.45, 7) is 2.83. The quantitative estimate of drug-likeness (QED) is 0.398. The molecule has 2 rings (SSSR count). The molecule has 2 aromatic carbocycles. The molecule has 7 nitrogen and oxygen atoms in total. The second-order valence-corrected chi connectivity index (χ2v) is 7.32. The van der Waals surface area contributed by atoms with E-state index in [2.05, 4.69) is 15.5 Å². The smallest absolute Gasteiger partial charge is 0.224 e. The van der Waals surface area contributed by atoms with Crippen LogP contribution in [0.1, 0.15) is 24.0 Å². The SMILES string of the molecule is CN(CCCNC(=O)Cc1ccccc1O)CCCNC(=O)Cc1ccccc1O. The van der Waals surface area contributed by atoms with Crippen molar-refractivity contribution in [2.45, 2.75) is 25.7 Å². The predicted octanol–water partition coefficient (Wildman–Crippen LogP) is 1.83. The fourth-order valence-electron chi connectivity index (χ4n) is 3.06. The molecule has 0 heterocycles. The number of carbonyl (C=O) groups is 2. The van der Waals surface area contributed by atoms with Gasteiger partial charge in [0.1, 0.15) is 11.5 Å². The van der Waals surface area contributed by atoms with Crippen molar-refractivity contribution in [2.24, 2.45) is 0 Å². The van der Waals surface area contributed by atoms with Crippen LogP contribution in [-0.2, 0) is 22.4 Å². The van der Waals surface area contributed by atoms with Crippen molar-refractivity contribution in [1.29, 1.82) is 0 Å². The molecule has 0 saturated carbocycles. The van der Waals surface area contributed by atoms with E-state index in [9.17, 15) is 19.8 Å². The summed E-state index contributed by atoms with van der Waals surface area (Å²) < 4.78 is 0. The number of phenolic OH excluding ortho intramolecular Hbond substituents is 2. The lowest BCUT2D eigenvalue weighted by atomic mass is 10.1. The highest BCUT2D eigenvalue weighted by atomic mass is 16.3. The second-order valence-electron chi connectivity index (χ2n) is 7.32. The Morgan fingerprint density at radius 3 is 1.57 bits per heavy atom. The maximum Gasteiger partial charge on any atom is 0.224 e. The minimum Gasteiger partial charge on any atom is -0.508 e. The van der Waals surface area contributed by atoms with E-state index in [1.807, 2.05) is 7.05 Å². The number of nitrogens with zero attached hydrogens (tertiary/aromatic N) is 1. The number of hydrogen-bond donors (Lipinski definition) is 4. The molecule has 0 aliphatic heterocycles. The monoisotopic (exact) mass is 413 g/mol. The third kappa shape index (κ3) is 8.53. The summed E-state index contributed by atoms with van der Waals surface area (Å²) in [6.07, 6.45) is 1.98. The number of hydrogen-bond acceptors (Lipinski definition) is 5. The van der Waals surface area contributed by atoms with Gasteiger partial charge in [-0.1, -0.05) is 36.4 Å². The first-order valence-corrected chi connectivity index (χ1v) is 10.2. The summed E-state index contributed by atoms with van der Waals surface area (Å²) in [5.41, 5.74) is 1.24. The molecule has 0 saturated heterocycles. The van der Waals surface area contributed by atoms with Crippen molar-refractivity contribution < 1.29 is 19.8 Å². The minimum absolute atomic E-state index is 0.105. The maximum atomic E-state index is 11.9. The number of amides is 2. The van der Waals surface area contributed by atoms with Crippen molar-refractivity contribution >= 4 is 11.8 Å². The summed E-state index contributed by atoms with van der Waals surface area (Å²) in [4.78, 5) is 26.0. The number of carbonyl (C=O) groups excluding carboxylic acids is 2. The number of phenols is 2. The summed E-state index contributed by atoms with van der Waals surface area (Å²) >= 11 is 0. The molecular weight excluding hydrogens is 382 g/mol. The Hall–Kier alpha value is -3.06. The topological polar surface area (TPSA) is 102 Å². The number of benzene rings is 2. The van der Waals surface area contributed by atoms with Crippen molar-refractivity contribution in [1.82, 2.24) is 15.5 Å². The van der Waals surface area contributed by atoms with E-state index in [1.165, 1.54) is 0 Å². The molecule has 0 spiro atoms. The van der Waals surface area contributed by atoms with Crippen LogP contribution in [0.5, 0.6) is 11.5 Å². The highest BCUT2D eigenvalue weighted by Crippen LogP contribution is 2.16. The Morgan fingerprint density at radius 2 is 1.17 bits per heavy atom. The largest absolute Gasteiger partial charge is 0.508 e. The zero-order valence-electron chi connectivity index (χ0n) is 17.4. The van der Waals surface area contributed by atoms with E-state index in [-0.39, 0.29) is 36.2 Å². The van der Waals surface area contributed by atoms with Crippen molar-refractivity contribution in [3.05, 3.63) is 59.7 Å². The molecule has 2 amide bonds. The number of para-hydroxylation sites is 2. The lowest BCUT2D eigenvalue weighted by Crippen LogP contribution is -2.31. The molecule has 0 aliphatic rings. The molecule has 7 heteroatoms. The first-order chi connectivity index (χ1) is 14.5. The lowest BCUT2D eigenvalue weighted by molar-refractivity contribution is -0.121. The van der Waals surface area contributed by atoms with E-state index in [4.69, 9.17) is 0 Å². The van der Waals surface area contributed by atoms with Gasteiger partial charge < -0.3 is 25.7 Å². The van der Waals surface area contributed by atoms with Gasteiger partial charge in [0.15, 0.2) is 0 Å². The van der Waals surface area contributed by atoms with Crippen LogP contribution in [0.25, 0.3) is 0 Å². The van der Waals surface area contributed by atoms with Crippen molar-refractivity contribution in [3.8, 4) is 11.5 Å². The van der Waals surface area contributed by atoms with Crippen molar-refractivity contribution in [2.75, 3.05) is 33.2 Å². The summed E-state index contributed by atoms with van der Waals surface area (Å²) in [7, 11) is 2.01. The van der Waals surface area contributed by atoms with E-state index >= 15 is 0 Å². The fourth-order valence-corrected chi connectivity index (χ4v) is 3.06. The molecule has 0 fully saturated rings. The lowest BCUT2D eigenvalue weighted by Gasteiger charge is -2.17. The van der Waals surface area contributed by atoms with Crippen LogP contribution in [-0.4, -0.2) is 60.2 Å². The third-order valence-corrected chi connectivity index (χ3v) is 4.76. The highest BCUT2D eigenvalue weighted by Gasteiger charge is 2.08. The first kappa shape index (κ1) is 23.2. The van der Waals surface area contributed by atoms with E-state index < -0.39 is 0 Å². The van der Waals surface area contributed by atoms with Crippen LogP contribution >= 0.6 is 0 Å². The third-order valence-electron chi connectivity index (χ3n) is 4.76. The fraction of sp³-hybridized carbons (Fsp3) is 0.391. The molecule has 0 bridgehead atoms. The standard InChI is InChI=1S/C23H31N3O4/c1-26(14-6-12-24-22(29)16-18-8-2-4-10-20(18)27)15-7-13-25-23(30)17-19-9-3-5-11-21(19)28/h2-5,8-11,27-28H,6-7,12-17H2,1H3,(H,24,29)(H,25,30). The van der Waals surface area contributed by atoms with Gasteiger partial charge in [-0.3, -0.25) is 9.59 Å². The Morgan fingerprint density at radius 1 is 0.767 bits per heavy atom. The molecule has 162 valence electrons. The first-order valence-electron chi connectivity index (χ1n) is 10.2. The Labute approximate surface area is 177 Å².